The van der Waals surface area contributed by atoms with Crippen LogP contribution < -0.4 is 10.6 Å². The molecule has 0 saturated heterocycles. The van der Waals surface area contributed by atoms with E-state index in [0.29, 0.717) is 23.6 Å². The van der Waals surface area contributed by atoms with Gasteiger partial charge in [0.15, 0.2) is 0 Å². The van der Waals surface area contributed by atoms with E-state index >= 15 is 0 Å². The van der Waals surface area contributed by atoms with Gasteiger partial charge in [-0.25, -0.2) is 9.59 Å². The van der Waals surface area contributed by atoms with Crippen LogP contribution in [0, 0.1) is 0 Å². The maximum absolute atomic E-state index is 12.8. The van der Waals surface area contributed by atoms with E-state index in [4.69, 9.17) is 9.15 Å². The van der Waals surface area contributed by atoms with Crippen LogP contribution in [0.3, 0.4) is 0 Å². The molecule has 2 N–H and O–H groups in total. The van der Waals surface area contributed by atoms with Crippen LogP contribution in [0.2, 0.25) is 0 Å². The monoisotopic (exact) mass is 401 g/mol. The average Bonchev–Trinajstić information content (AvgIpc) is 3.35. The molecule has 0 unspecified atom stereocenters. The predicted molar refractivity (Wildman–Crippen MR) is 105 cm³/mol. The van der Waals surface area contributed by atoms with Crippen molar-refractivity contribution in [1.29, 1.82) is 0 Å². The van der Waals surface area contributed by atoms with E-state index in [2.05, 4.69) is 33.9 Å². The van der Waals surface area contributed by atoms with Crippen LogP contribution >= 0.6 is 11.3 Å². The molecule has 28 heavy (non-hydrogen) atoms. The first-order chi connectivity index (χ1) is 13.6. The highest BCUT2D eigenvalue weighted by atomic mass is 32.1. The van der Waals surface area contributed by atoms with Gasteiger partial charge in [0.05, 0.1) is 18.4 Å². The van der Waals surface area contributed by atoms with Crippen LogP contribution in [0.15, 0.2) is 45.5 Å². The van der Waals surface area contributed by atoms with E-state index in [1.54, 1.807) is 30.4 Å². The largest absolute Gasteiger partial charge is 0.467 e. The van der Waals surface area contributed by atoms with Gasteiger partial charge in [-0.05, 0) is 49.4 Å². The topological polar surface area (TPSA) is 83.8 Å². The van der Waals surface area contributed by atoms with Gasteiger partial charge in [0.2, 0.25) is 0 Å². The molecule has 0 fully saturated rings. The van der Waals surface area contributed by atoms with Crippen molar-refractivity contribution in [2.75, 3.05) is 19.7 Å². The summed E-state index contributed by atoms with van der Waals surface area (Å²) in [6.45, 7) is 5.49. The molecule has 0 radical (unpaired) electrons. The Labute approximate surface area is 167 Å². The Balaban J connectivity index is 1.69. The minimum absolute atomic E-state index is 0.208. The number of thiophene rings is 1. The molecular weight excluding hydrogens is 378 g/mol. The zero-order valence-corrected chi connectivity index (χ0v) is 16.7. The molecule has 148 valence electrons. The minimum Gasteiger partial charge on any atom is -0.467 e. The van der Waals surface area contributed by atoms with Gasteiger partial charge in [-0.15, -0.1) is 11.3 Å². The van der Waals surface area contributed by atoms with Crippen molar-refractivity contribution < 1.29 is 18.7 Å². The van der Waals surface area contributed by atoms with Crippen molar-refractivity contribution in [3.63, 3.8) is 0 Å². The fourth-order valence-electron chi connectivity index (χ4n) is 3.84. The van der Waals surface area contributed by atoms with Crippen molar-refractivity contribution in [3.8, 4) is 0 Å². The highest BCUT2D eigenvalue weighted by Gasteiger charge is 2.37. The third-order valence-electron chi connectivity index (χ3n) is 5.24. The number of rotatable bonds is 5. The van der Waals surface area contributed by atoms with Gasteiger partial charge in [-0.1, -0.05) is 0 Å². The first-order valence-corrected chi connectivity index (χ1v) is 10.3. The third-order valence-corrected chi connectivity index (χ3v) is 6.24. The lowest BCUT2D eigenvalue weighted by Crippen LogP contribution is -2.49. The van der Waals surface area contributed by atoms with Crippen LogP contribution in [-0.2, 0) is 16.0 Å². The van der Waals surface area contributed by atoms with Crippen molar-refractivity contribution >= 4 is 23.3 Å². The number of nitrogens with zero attached hydrogens (tertiary/aromatic N) is 1. The van der Waals surface area contributed by atoms with Gasteiger partial charge in [0.1, 0.15) is 11.8 Å². The number of amides is 2. The lowest BCUT2D eigenvalue weighted by atomic mass is 9.97. The number of fused-ring (bicyclic) bond motifs is 1. The summed E-state index contributed by atoms with van der Waals surface area (Å²) >= 11 is 1.78. The molecule has 0 spiro atoms. The Morgan fingerprint density at radius 3 is 3.04 bits per heavy atom. The molecule has 2 aromatic rings. The molecule has 0 saturated carbocycles. The van der Waals surface area contributed by atoms with Gasteiger partial charge in [0.25, 0.3) is 0 Å². The first-order valence-electron chi connectivity index (χ1n) is 9.39. The number of esters is 1. The summed E-state index contributed by atoms with van der Waals surface area (Å²) in [5.41, 5.74) is 2.27. The van der Waals surface area contributed by atoms with E-state index < -0.39 is 12.0 Å². The normalized spacial score (nSPS) is 22.4. The minimum atomic E-state index is -0.672. The summed E-state index contributed by atoms with van der Waals surface area (Å²) in [6.07, 6.45) is 2.49. The molecule has 2 aromatic heterocycles. The summed E-state index contributed by atoms with van der Waals surface area (Å²) in [5, 5.41) is 7.73. The van der Waals surface area contributed by atoms with Gasteiger partial charge in [-0.3, -0.25) is 4.90 Å². The van der Waals surface area contributed by atoms with Crippen LogP contribution in [0.1, 0.15) is 42.1 Å². The van der Waals surface area contributed by atoms with E-state index in [-0.39, 0.29) is 18.7 Å². The second-order valence-electron chi connectivity index (χ2n) is 6.86. The highest BCUT2D eigenvalue weighted by Crippen LogP contribution is 2.34. The Hall–Kier alpha value is -2.58. The number of furan rings is 1. The fraction of sp³-hybridized carbons (Fsp3) is 0.400. The lowest BCUT2D eigenvalue weighted by molar-refractivity contribution is -0.139. The number of urea groups is 1. The van der Waals surface area contributed by atoms with E-state index in [1.807, 2.05) is 0 Å². The molecule has 7 nitrogen and oxygen atoms in total. The molecule has 8 heteroatoms. The van der Waals surface area contributed by atoms with Crippen molar-refractivity contribution in [2.24, 2.45) is 0 Å². The smallest absolute Gasteiger partial charge is 0.338 e. The zero-order valence-electron chi connectivity index (χ0n) is 15.9. The zero-order chi connectivity index (χ0) is 19.7. The second-order valence-corrected chi connectivity index (χ2v) is 7.86. The molecular formula is C20H23N3O4S. The molecule has 0 bridgehead atoms. The van der Waals surface area contributed by atoms with E-state index in [0.717, 1.165) is 13.0 Å². The molecule has 4 heterocycles. The van der Waals surface area contributed by atoms with Crippen molar-refractivity contribution in [2.45, 2.75) is 32.4 Å². The molecule has 0 aromatic carbocycles. The molecule has 2 aliphatic heterocycles. The van der Waals surface area contributed by atoms with Crippen LogP contribution in [0.5, 0.6) is 0 Å². The summed E-state index contributed by atoms with van der Waals surface area (Å²) < 4.78 is 10.8. The lowest BCUT2D eigenvalue weighted by Gasteiger charge is -2.36. The van der Waals surface area contributed by atoms with Gasteiger partial charge < -0.3 is 19.8 Å². The number of hydrogen-bond donors (Lipinski definition) is 2. The van der Waals surface area contributed by atoms with Crippen LogP contribution in [0.25, 0.3) is 0 Å². The standard InChI is InChI=1S/C20H23N3O4S/c1-3-26-19(24)17-14(21-20(25)22-18(17)15-5-4-9-27-15)11-23-8-6-16-13(12(23)2)7-10-28-16/h4-5,7,9-10,12,18H,3,6,8,11H2,1-2H3,(H2,21,22,25)/t12-,18-/m0/s1. The SMILES string of the molecule is CCOC(=O)C1=C(CN2CCc3sccc3[C@@H]2C)NC(=O)N[C@H]1c1ccco1. The predicted octanol–water partition coefficient (Wildman–Crippen LogP) is 3.13. The summed E-state index contributed by atoms with van der Waals surface area (Å²) in [5.74, 6) is 0.0505. The molecule has 4 rings (SSSR count). The van der Waals surface area contributed by atoms with Gasteiger partial charge in [0, 0.05) is 29.7 Å². The number of hydrogen-bond acceptors (Lipinski definition) is 6. The maximum Gasteiger partial charge on any atom is 0.338 e. The number of carbonyl (C=O) groups is 2. The third kappa shape index (κ3) is 3.45. The maximum atomic E-state index is 12.8. The van der Waals surface area contributed by atoms with Crippen LogP contribution in [-0.4, -0.2) is 36.6 Å². The van der Waals surface area contributed by atoms with Crippen molar-refractivity contribution in [1.82, 2.24) is 15.5 Å². The average molecular weight is 401 g/mol. The van der Waals surface area contributed by atoms with E-state index in [1.165, 1.54) is 16.7 Å². The Morgan fingerprint density at radius 2 is 2.29 bits per heavy atom. The van der Waals surface area contributed by atoms with Crippen LogP contribution in [0.4, 0.5) is 4.79 Å². The summed E-state index contributed by atoms with van der Waals surface area (Å²) in [7, 11) is 0. The fourth-order valence-corrected chi connectivity index (χ4v) is 4.80. The van der Waals surface area contributed by atoms with E-state index in [9.17, 15) is 9.59 Å². The van der Waals surface area contributed by atoms with Gasteiger partial charge >= 0.3 is 12.0 Å². The summed E-state index contributed by atoms with van der Waals surface area (Å²) in [4.78, 5) is 28.8. The van der Waals surface area contributed by atoms with Crippen molar-refractivity contribution in [3.05, 3.63) is 57.3 Å². The Morgan fingerprint density at radius 1 is 1.43 bits per heavy atom. The number of nitrogens with one attached hydrogen (secondary N) is 2. The molecule has 0 aliphatic carbocycles. The summed E-state index contributed by atoms with van der Waals surface area (Å²) in [6, 6.07) is 4.81. The number of carbonyl (C=O) groups excluding carboxylic acids is 2. The second kappa shape index (κ2) is 7.81. The molecule has 2 atom stereocenters. The Bertz CT molecular complexity index is 902. The van der Waals surface area contributed by atoms with Gasteiger partial charge in [-0.2, -0.15) is 0 Å². The quantitative estimate of drug-likeness (QED) is 0.752. The highest BCUT2D eigenvalue weighted by molar-refractivity contribution is 7.10. The Kier molecular flexibility index (Phi) is 5.23. The molecule has 2 aliphatic rings. The molecule has 2 amide bonds. The first kappa shape index (κ1) is 18.8. The number of ether oxygens (including phenoxy) is 1.